The van der Waals surface area contributed by atoms with E-state index in [1.165, 1.54) is 0 Å². The van der Waals surface area contributed by atoms with Crippen molar-refractivity contribution in [3.8, 4) is 0 Å². The van der Waals surface area contributed by atoms with Gasteiger partial charge < -0.3 is 25.7 Å². The topological polar surface area (TPSA) is 178 Å². The van der Waals surface area contributed by atoms with Gasteiger partial charge >= 0.3 is 0 Å². The van der Waals surface area contributed by atoms with E-state index in [-0.39, 0.29) is 36.6 Å². The molecule has 4 atom stereocenters. The van der Waals surface area contributed by atoms with Gasteiger partial charge in [-0.2, -0.15) is 18.4 Å². The van der Waals surface area contributed by atoms with Crippen molar-refractivity contribution in [1.29, 1.82) is 0 Å². The summed E-state index contributed by atoms with van der Waals surface area (Å²) in [5.74, 6) is 0.237. The van der Waals surface area contributed by atoms with Crippen LogP contribution in [0.25, 0.3) is 11.2 Å². The molecule has 0 aliphatic carbocycles. The summed E-state index contributed by atoms with van der Waals surface area (Å²) in [6.07, 6.45) is 3.25. The third kappa shape index (κ3) is 5.74. The summed E-state index contributed by atoms with van der Waals surface area (Å²) >= 11 is 0. The number of aliphatic hydroxyl groups is 1. The van der Waals surface area contributed by atoms with Crippen molar-refractivity contribution in [3.05, 3.63) is 6.33 Å². The van der Waals surface area contributed by atoms with Gasteiger partial charge in [-0.1, -0.05) is 6.92 Å². The van der Waals surface area contributed by atoms with E-state index in [9.17, 15) is 13.5 Å². The van der Waals surface area contributed by atoms with E-state index in [0.29, 0.717) is 24.0 Å². The highest BCUT2D eigenvalue weighted by molar-refractivity contribution is 7.85. The molecule has 32 heavy (non-hydrogen) atoms. The van der Waals surface area contributed by atoms with E-state index in [4.69, 9.17) is 24.8 Å². The van der Waals surface area contributed by atoms with Crippen molar-refractivity contribution in [2.75, 3.05) is 30.9 Å². The fourth-order valence-corrected chi connectivity index (χ4v) is 6.36. The Kier molecular flexibility index (Phi) is 7.41. The Bertz CT molecular complexity index is 1050. The highest BCUT2D eigenvalue weighted by Gasteiger charge is 2.42. The Morgan fingerprint density at radius 3 is 2.75 bits per heavy atom. The molecule has 1 fully saturated rings. The van der Waals surface area contributed by atoms with Crippen LogP contribution >= 0.6 is 0 Å². The molecule has 1 saturated heterocycles. The fraction of sp³-hybridized carbons (Fsp3) is 0.722. The first kappa shape index (κ1) is 24.8. The van der Waals surface area contributed by atoms with Gasteiger partial charge in [-0.25, -0.2) is 4.98 Å². The second-order valence-corrected chi connectivity index (χ2v) is 14.7. The molecule has 5 N–H and O–H groups in total. The molecule has 0 radical (unpaired) electrons. The van der Waals surface area contributed by atoms with Crippen molar-refractivity contribution in [1.82, 2.24) is 19.5 Å². The van der Waals surface area contributed by atoms with Crippen LogP contribution in [0.1, 0.15) is 32.4 Å². The van der Waals surface area contributed by atoms with E-state index in [1.54, 1.807) is 10.9 Å². The van der Waals surface area contributed by atoms with Crippen molar-refractivity contribution < 1.29 is 26.9 Å². The largest absolute Gasteiger partial charge is 0.411 e. The minimum atomic E-state index is -3.43. The monoisotopic (exact) mass is 488 g/mol. The lowest BCUT2D eigenvalue weighted by molar-refractivity contribution is -0.0407. The van der Waals surface area contributed by atoms with Gasteiger partial charge in [0.05, 0.1) is 31.9 Å². The summed E-state index contributed by atoms with van der Waals surface area (Å²) in [6, 6.07) is 0. The summed E-state index contributed by atoms with van der Waals surface area (Å²) in [5.41, 5.74) is 12.8. The molecule has 3 rings (SSSR count). The van der Waals surface area contributed by atoms with Gasteiger partial charge in [0, 0.05) is 6.42 Å². The van der Waals surface area contributed by atoms with Crippen LogP contribution in [0.5, 0.6) is 0 Å². The number of anilines is 2. The normalized spacial score (nSPS) is 23.1. The van der Waals surface area contributed by atoms with Gasteiger partial charge in [0.1, 0.15) is 17.8 Å². The van der Waals surface area contributed by atoms with Crippen molar-refractivity contribution in [3.63, 3.8) is 0 Å². The number of aliphatic hydroxyl groups excluding tert-OH is 1. The predicted molar refractivity (Wildman–Crippen MR) is 122 cm³/mol. The number of nitrogen functional groups attached to an aromatic ring is 2. The van der Waals surface area contributed by atoms with Gasteiger partial charge in [0.2, 0.25) is 5.95 Å². The molecule has 14 heteroatoms. The smallest absolute Gasteiger partial charge is 0.264 e. The Labute approximate surface area is 188 Å². The van der Waals surface area contributed by atoms with E-state index in [0.717, 1.165) is 12.7 Å². The number of nitrogens with zero attached hydrogens (tertiary/aromatic N) is 4. The number of imidazole rings is 1. The number of hydrogen-bond acceptors (Lipinski definition) is 11. The first-order chi connectivity index (χ1) is 14.9. The third-order valence-electron chi connectivity index (χ3n) is 5.86. The van der Waals surface area contributed by atoms with E-state index in [2.05, 4.69) is 35.0 Å². The molecule has 2 aromatic heterocycles. The van der Waals surface area contributed by atoms with Crippen LogP contribution in [0, 0.1) is 0 Å². The third-order valence-corrected chi connectivity index (χ3v) is 10.0. The highest BCUT2D eigenvalue weighted by atomic mass is 32.2. The molecule has 2 aromatic rings. The number of rotatable bonds is 10. The van der Waals surface area contributed by atoms with E-state index >= 15 is 0 Å². The second kappa shape index (κ2) is 9.57. The average molecular weight is 489 g/mol. The Balaban J connectivity index is 1.67. The van der Waals surface area contributed by atoms with E-state index < -0.39 is 30.8 Å². The molecule has 1 unspecified atom stereocenters. The minimum absolute atomic E-state index is 0.0449. The SMILES string of the molecule is CC(CCCOS(C)(=O)=O)[Si](C)(C)O[C@H]1C[C@@H](n2cnc3c(N)nc(N)nc32)O[C@@H]1CO. The van der Waals surface area contributed by atoms with Gasteiger partial charge in [-0.3, -0.25) is 8.75 Å². The second-order valence-electron chi connectivity index (χ2n) is 8.67. The zero-order valence-electron chi connectivity index (χ0n) is 18.8. The highest BCUT2D eigenvalue weighted by Crippen LogP contribution is 2.37. The maximum atomic E-state index is 11.1. The molecular weight excluding hydrogens is 456 g/mol. The zero-order chi connectivity index (χ0) is 23.7. The van der Waals surface area contributed by atoms with Crippen LogP contribution in [-0.4, -0.2) is 73.0 Å². The Hall–Kier alpha value is -1.84. The number of fused-ring (bicyclic) bond motifs is 1. The average Bonchev–Trinajstić information content (AvgIpc) is 3.27. The molecule has 180 valence electrons. The molecule has 0 bridgehead atoms. The summed E-state index contributed by atoms with van der Waals surface area (Å²) in [7, 11) is -5.63. The molecule has 0 saturated carbocycles. The van der Waals surface area contributed by atoms with Crippen LogP contribution in [-0.2, 0) is 23.5 Å². The molecule has 0 spiro atoms. The summed E-state index contributed by atoms with van der Waals surface area (Å²) in [6.45, 7) is 6.29. The molecule has 1 aliphatic heterocycles. The minimum Gasteiger partial charge on any atom is -0.411 e. The summed E-state index contributed by atoms with van der Waals surface area (Å²) < 4.78 is 41.4. The van der Waals surface area contributed by atoms with Crippen molar-refractivity contribution in [2.45, 2.75) is 63.3 Å². The lowest BCUT2D eigenvalue weighted by atomic mass is 10.2. The Morgan fingerprint density at radius 2 is 2.09 bits per heavy atom. The van der Waals surface area contributed by atoms with Gasteiger partial charge in [-0.15, -0.1) is 0 Å². The quantitative estimate of drug-likeness (QED) is 0.247. The molecule has 0 aromatic carbocycles. The zero-order valence-corrected chi connectivity index (χ0v) is 20.6. The van der Waals surface area contributed by atoms with Crippen LogP contribution in [0.2, 0.25) is 18.6 Å². The lowest BCUT2D eigenvalue weighted by Gasteiger charge is -2.34. The number of hydrogen-bond donors (Lipinski definition) is 3. The Morgan fingerprint density at radius 1 is 1.38 bits per heavy atom. The van der Waals surface area contributed by atoms with Crippen LogP contribution < -0.4 is 11.5 Å². The number of ether oxygens (including phenoxy) is 1. The molecule has 1 aliphatic rings. The summed E-state index contributed by atoms with van der Waals surface area (Å²) in [5, 5.41) is 9.88. The molecule has 0 amide bonds. The molecule has 3 heterocycles. The van der Waals surface area contributed by atoms with Crippen molar-refractivity contribution >= 4 is 41.4 Å². The molecular formula is C18H32N6O6SSi. The van der Waals surface area contributed by atoms with Crippen LogP contribution in [0.3, 0.4) is 0 Å². The van der Waals surface area contributed by atoms with Crippen LogP contribution in [0.15, 0.2) is 6.33 Å². The maximum Gasteiger partial charge on any atom is 0.264 e. The van der Waals surface area contributed by atoms with Crippen LogP contribution in [0.4, 0.5) is 11.8 Å². The maximum absolute atomic E-state index is 11.1. The van der Waals surface area contributed by atoms with E-state index in [1.807, 2.05) is 0 Å². The number of nitrogens with two attached hydrogens (primary N) is 2. The fourth-order valence-electron chi connectivity index (χ4n) is 3.78. The van der Waals surface area contributed by atoms with Gasteiger partial charge in [0.25, 0.3) is 10.1 Å². The number of aromatic nitrogens is 4. The van der Waals surface area contributed by atoms with Crippen molar-refractivity contribution in [2.24, 2.45) is 0 Å². The predicted octanol–water partition coefficient (Wildman–Crippen LogP) is 1.01. The van der Waals surface area contributed by atoms with Gasteiger partial charge in [-0.05, 0) is 31.5 Å². The standard InChI is InChI=1S/C18H32N6O6SSi/c1-11(6-5-7-28-31(2,26)27)32(3,4)30-12-8-14(29-13(12)9-25)24-10-21-15-16(19)22-18(20)23-17(15)24/h10-14,25H,5-9H2,1-4H3,(H4,19,20,22,23)/t11?,12-,13+,14-/m0/s1. The molecule has 12 nitrogen and oxygen atoms in total. The first-order valence-electron chi connectivity index (χ1n) is 10.5. The lowest BCUT2D eigenvalue weighted by Crippen LogP contribution is -2.43. The van der Waals surface area contributed by atoms with Gasteiger partial charge in [0.15, 0.2) is 19.8 Å². The first-order valence-corrected chi connectivity index (χ1v) is 15.3. The summed E-state index contributed by atoms with van der Waals surface area (Å²) in [4.78, 5) is 12.4.